The lowest BCUT2D eigenvalue weighted by atomic mass is 10.0. The molecule has 0 atom stereocenters. The summed E-state index contributed by atoms with van der Waals surface area (Å²) in [6.07, 6.45) is 5.83. The maximum absolute atomic E-state index is 12.1. The first kappa shape index (κ1) is 14.3. The molecule has 0 N–H and O–H groups in total. The van der Waals surface area contributed by atoms with Crippen LogP contribution in [0.1, 0.15) is 25.7 Å². The molecule has 2 heterocycles. The molecule has 6 nitrogen and oxygen atoms in total. The van der Waals surface area contributed by atoms with E-state index in [1.165, 1.54) is 4.68 Å². The number of nitrogens with zero attached hydrogens (tertiary/aromatic N) is 3. The van der Waals surface area contributed by atoms with Crippen molar-refractivity contribution in [1.82, 2.24) is 9.78 Å². The topological polar surface area (TPSA) is 64.4 Å². The van der Waals surface area contributed by atoms with Gasteiger partial charge in [0.15, 0.2) is 5.78 Å². The zero-order chi connectivity index (χ0) is 14.7. The van der Waals surface area contributed by atoms with Crippen molar-refractivity contribution in [2.75, 3.05) is 31.2 Å². The Hall–Kier alpha value is -1.69. The summed E-state index contributed by atoms with van der Waals surface area (Å²) < 4.78 is 6.58. The molecule has 0 amide bonds. The Morgan fingerprint density at radius 1 is 1.29 bits per heavy atom. The van der Waals surface area contributed by atoms with E-state index in [-0.39, 0.29) is 23.8 Å². The van der Waals surface area contributed by atoms with Crippen LogP contribution in [0.15, 0.2) is 17.1 Å². The zero-order valence-corrected chi connectivity index (χ0v) is 12.2. The van der Waals surface area contributed by atoms with Gasteiger partial charge in [0.05, 0.1) is 25.1 Å². The highest BCUT2D eigenvalue weighted by atomic mass is 16.5. The molecule has 1 aliphatic carbocycles. The highest BCUT2D eigenvalue weighted by Gasteiger charge is 2.23. The molecule has 0 spiro atoms. The van der Waals surface area contributed by atoms with Gasteiger partial charge in [-0.05, 0) is 12.8 Å². The third-order valence-corrected chi connectivity index (χ3v) is 4.35. The molecule has 2 fully saturated rings. The van der Waals surface area contributed by atoms with E-state index >= 15 is 0 Å². The van der Waals surface area contributed by atoms with Gasteiger partial charge in [0.2, 0.25) is 0 Å². The number of ketones is 1. The number of morpholine rings is 1. The first-order chi connectivity index (χ1) is 10.2. The number of carbonyl (C=O) groups excluding carboxylic acids is 1. The van der Waals surface area contributed by atoms with E-state index in [1.807, 2.05) is 0 Å². The van der Waals surface area contributed by atoms with Crippen molar-refractivity contribution in [2.24, 2.45) is 5.92 Å². The molecule has 114 valence electrons. The van der Waals surface area contributed by atoms with Crippen LogP contribution in [0.5, 0.6) is 0 Å². The third kappa shape index (κ3) is 3.32. The second-order valence-electron chi connectivity index (χ2n) is 5.76. The normalized spacial score (nSPS) is 19.9. The Kier molecular flexibility index (Phi) is 4.34. The minimum atomic E-state index is -0.203. The van der Waals surface area contributed by atoms with Crippen LogP contribution < -0.4 is 10.5 Å². The van der Waals surface area contributed by atoms with Crippen molar-refractivity contribution in [3.05, 3.63) is 22.6 Å². The van der Waals surface area contributed by atoms with Gasteiger partial charge in [-0.15, -0.1) is 0 Å². The fourth-order valence-corrected chi connectivity index (χ4v) is 3.06. The highest BCUT2D eigenvalue weighted by Crippen LogP contribution is 2.25. The SMILES string of the molecule is O=C(Cn1ncc(N2CCOCC2)cc1=O)C1CCCC1. The summed E-state index contributed by atoms with van der Waals surface area (Å²) in [6.45, 7) is 2.98. The van der Waals surface area contributed by atoms with E-state index in [4.69, 9.17) is 4.74 Å². The molecule has 6 heteroatoms. The second kappa shape index (κ2) is 6.39. The predicted molar refractivity (Wildman–Crippen MR) is 78.5 cm³/mol. The standard InChI is InChI=1S/C15H21N3O3/c19-14(12-3-1-2-4-12)11-18-15(20)9-13(10-16-18)17-5-7-21-8-6-17/h9-10,12H,1-8,11H2. The number of hydrogen-bond acceptors (Lipinski definition) is 5. The van der Waals surface area contributed by atoms with Crippen LogP contribution >= 0.6 is 0 Å². The Labute approximate surface area is 123 Å². The smallest absolute Gasteiger partial charge is 0.269 e. The van der Waals surface area contributed by atoms with Gasteiger partial charge in [0.1, 0.15) is 6.54 Å². The lowest BCUT2D eigenvalue weighted by Gasteiger charge is -2.28. The minimum absolute atomic E-state index is 0.104. The van der Waals surface area contributed by atoms with E-state index in [9.17, 15) is 9.59 Å². The summed E-state index contributed by atoms with van der Waals surface area (Å²) in [5.74, 6) is 0.263. The highest BCUT2D eigenvalue weighted by molar-refractivity contribution is 5.80. The zero-order valence-electron chi connectivity index (χ0n) is 12.2. The lowest BCUT2D eigenvalue weighted by Crippen LogP contribution is -2.38. The molecular weight excluding hydrogens is 270 g/mol. The molecule has 0 radical (unpaired) electrons. The van der Waals surface area contributed by atoms with E-state index in [0.717, 1.165) is 44.5 Å². The summed E-state index contributed by atoms with van der Waals surface area (Å²) in [5.41, 5.74) is 0.609. The van der Waals surface area contributed by atoms with Gasteiger partial charge in [0.25, 0.3) is 5.56 Å². The number of carbonyl (C=O) groups is 1. The summed E-state index contributed by atoms with van der Waals surface area (Å²) in [5, 5.41) is 4.17. The van der Waals surface area contributed by atoms with Crippen molar-refractivity contribution in [1.29, 1.82) is 0 Å². The van der Waals surface area contributed by atoms with Crippen LogP contribution in [-0.4, -0.2) is 41.9 Å². The number of anilines is 1. The molecule has 2 aliphatic rings. The molecule has 1 aliphatic heterocycles. The van der Waals surface area contributed by atoms with Crippen LogP contribution in [0, 0.1) is 5.92 Å². The summed E-state index contributed by atoms with van der Waals surface area (Å²) in [6, 6.07) is 1.57. The molecule has 1 saturated carbocycles. The number of aromatic nitrogens is 2. The van der Waals surface area contributed by atoms with Crippen LogP contribution in [0.4, 0.5) is 5.69 Å². The molecule has 0 aromatic carbocycles. The maximum Gasteiger partial charge on any atom is 0.269 e. The van der Waals surface area contributed by atoms with Gasteiger partial charge in [-0.1, -0.05) is 12.8 Å². The van der Waals surface area contributed by atoms with Gasteiger partial charge in [-0.25, -0.2) is 4.68 Å². The first-order valence-corrected chi connectivity index (χ1v) is 7.66. The van der Waals surface area contributed by atoms with E-state index in [2.05, 4.69) is 10.00 Å². The Morgan fingerprint density at radius 2 is 2.00 bits per heavy atom. The fourth-order valence-electron chi connectivity index (χ4n) is 3.06. The van der Waals surface area contributed by atoms with Crippen molar-refractivity contribution in [2.45, 2.75) is 32.2 Å². The molecule has 0 bridgehead atoms. The Bertz CT molecular complexity index is 558. The third-order valence-electron chi connectivity index (χ3n) is 4.35. The van der Waals surface area contributed by atoms with E-state index in [1.54, 1.807) is 12.3 Å². The largest absolute Gasteiger partial charge is 0.378 e. The Balaban J connectivity index is 1.69. The first-order valence-electron chi connectivity index (χ1n) is 7.66. The number of rotatable bonds is 4. The van der Waals surface area contributed by atoms with E-state index < -0.39 is 0 Å². The van der Waals surface area contributed by atoms with Crippen LogP contribution in [0.3, 0.4) is 0 Å². The quantitative estimate of drug-likeness (QED) is 0.822. The number of Topliss-reactive ketones (excluding diaryl/α,β-unsaturated/α-hetero) is 1. The van der Waals surface area contributed by atoms with Crippen molar-refractivity contribution < 1.29 is 9.53 Å². The molecular formula is C15H21N3O3. The van der Waals surface area contributed by atoms with Crippen LogP contribution in [0.2, 0.25) is 0 Å². The number of hydrogen-bond donors (Lipinski definition) is 0. The van der Waals surface area contributed by atoms with Gasteiger partial charge in [0, 0.05) is 25.1 Å². The number of ether oxygens (including phenoxy) is 1. The van der Waals surface area contributed by atoms with Crippen molar-refractivity contribution >= 4 is 11.5 Å². The lowest BCUT2D eigenvalue weighted by molar-refractivity contribution is -0.123. The van der Waals surface area contributed by atoms with Gasteiger partial charge < -0.3 is 9.64 Å². The van der Waals surface area contributed by atoms with Crippen LogP contribution in [-0.2, 0) is 16.1 Å². The monoisotopic (exact) mass is 291 g/mol. The predicted octanol–water partition coefficient (Wildman–Crippen LogP) is 0.839. The molecule has 21 heavy (non-hydrogen) atoms. The summed E-state index contributed by atoms with van der Waals surface area (Å²) in [7, 11) is 0. The molecule has 1 saturated heterocycles. The molecule has 0 unspecified atom stereocenters. The van der Waals surface area contributed by atoms with Crippen molar-refractivity contribution in [3.63, 3.8) is 0 Å². The van der Waals surface area contributed by atoms with E-state index in [0.29, 0.717) is 13.2 Å². The maximum atomic E-state index is 12.1. The van der Waals surface area contributed by atoms with Crippen LogP contribution in [0.25, 0.3) is 0 Å². The molecule has 3 rings (SSSR count). The summed E-state index contributed by atoms with van der Waals surface area (Å²) >= 11 is 0. The fraction of sp³-hybridized carbons (Fsp3) is 0.667. The van der Waals surface area contributed by atoms with Gasteiger partial charge in [-0.3, -0.25) is 9.59 Å². The van der Waals surface area contributed by atoms with Crippen molar-refractivity contribution in [3.8, 4) is 0 Å². The van der Waals surface area contributed by atoms with Gasteiger partial charge >= 0.3 is 0 Å². The summed E-state index contributed by atoms with van der Waals surface area (Å²) in [4.78, 5) is 26.3. The molecule has 1 aromatic heterocycles. The average Bonchev–Trinajstić information content (AvgIpc) is 3.04. The van der Waals surface area contributed by atoms with Gasteiger partial charge in [-0.2, -0.15) is 5.10 Å². The average molecular weight is 291 g/mol. The molecule has 1 aromatic rings. The Morgan fingerprint density at radius 3 is 2.67 bits per heavy atom. The minimum Gasteiger partial charge on any atom is -0.378 e. The second-order valence-corrected chi connectivity index (χ2v) is 5.76.